The first kappa shape index (κ1) is 24.2. The van der Waals surface area contributed by atoms with E-state index in [1.54, 1.807) is 4.90 Å². The summed E-state index contributed by atoms with van der Waals surface area (Å²) >= 11 is 0. The molecule has 2 saturated heterocycles. The number of rotatable bonds is 7. The van der Waals surface area contributed by atoms with Crippen LogP contribution in [0.15, 0.2) is 48.5 Å². The van der Waals surface area contributed by atoms with Gasteiger partial charge in [-0.1, -0.05) is 29.8 Å². The number of carbonyl (C=O) groups is 2. The highest BCUT2D eigenvalue weighted by atomic mass is 32.2. The number of nitrogens with zero attached hydrogens (tertiary/aromatic N) is 3. The molecule has 182 valence electrons. The Morgan fingerprint density at radius 1 is 0.971 bits per heavy atom. The van der Waals surface area contributed by atoms with Gasteiger partial charge in [-0.2, -0.15) is 4.31 Å². The maximum Gasteiger partial charge on any atom is 0.227 e. The van der Waals surface area contributed by atoms with Gasteiger partial charge in [0.25, 0.3) is 0 Å². The monoisotopic (exact) mass is 484 g/mol. The molecule has 2 aliphatic heterocycles. The van der Waals surface area contributed by atoms with Crippen molar-refractivity contribution < 1.29 is 18.0 Å². The number of nitrogens with one attached hydrogen (secondary N) is 1. The summed E-state index contributed by atoms with van der Waals surface area (Å²) in [5.74, 6) is -0.995. The highest BCUT2D eigenvalue weighted by Gasteiger charge is 2.35. The first-order chi connectivity index (χ1) is 16.2. The first-order valence-electron chi connectivity index (χ1n) is 11.7. The molecule has 2 aromatic carbocycles. The smallest absolute Gasteiger partial charge is 0.227 e. The van der Waals surface area contributed by atoms with Crippen LogP contribution in [0, 0.1) is 19.8 Å². The van der Waals surface area contributed by atoms with Gasteiger partial charge < -0.3 is 15.1 Å². The Kier molecular flexibility index (Phi) is 7.23. The Morgan fingerprint density at radius 2 is 1.68 bits per heavy atom. The molecule has 0 radical (unpaired) electrons. The normalized spacial score (nSPS) is 19.5. The minimum absolute atomic E-state index is 0.0362. The Labute approximate surface area is 201 Å². The fourth-order valence-corrected chi connectivity index (χ4v) is 5.82. The SMILES string of the molecule is Cc1ccc(N2CC(C(=O)NCCS(=O)(=O)N3CCN(c4cccc(C)c4)CC3)CC2=O)cc1. The van der Waals surface area contributed by atoms with Crippen LogP contribution in [0.2, 0.25) is 0 Å². The standard InChI is InChI=1S/C25H32N4O4S/c1-19-6-8-22(9-7-19)29-18-21(17-24(29)30)25(31)26-10-15-34(32,33)28-13-11-27(12-14-28)23-5-3-4-20(2)16-23/h3-9,16,21H,10-15,17-18H2,1-2H3,(H,26,31). The van der Waals surface area contributed by atoms with Gasteiger partial charge in [0.1, 0.15) is 0 Å². The van der Waals surface area contributed by atoms with E-state index in [4.69, 9.17) is 0 Å². The zero-order valence-electron chi connectivity index (χ0n) is 19.7. The van der Waals surface area contributed by atoms with Crippen molar-refractivity contribution in [1.29, 1.82) is 0 Å². The summed E-state index contributed by atoms with van der Waals surface area (Å²) in [6, 6.07) is 15.8. The Bertz CT molecular complexity index is 1140. The number of hydrogen-bond donors (Lipinski definition) is 1. The summed E-state index contributed by atoms with van der Waals surface area (Å²) < 4.78 is 27.1. The number of piperazine rings is 1. The number of amides is 2. The van der Waals surface area contributed by atoms with E-state index in [9.17, 15) is 18.0 Å². The number of benzene rings is 2. The van der Waals surface area contributed by atoms with E-state index in [1.807, 2.05) is 56.3 Å². The second kappa shape index (κ2) is 10.1. The third-order valence-corrected chi connectivity index (χ3v) is 8.37. The van der Waals surface area contributed by atoms with Gasteiger partial charge in [-0.3, -0.25) is 9.59 Å². The van der Waals surface area contributed by atoms with Gasteiger partial charge >= 0.3 is 0 Å². The maximum absolute atomic E-state index is 12.8. The molecule has 0 aromatic heterocycles. The van der Waals surface area contributed by atoms with Crippen LogP contribution in [0.5, 0.6) is 0 Å². The molecule has 2 amide bonds. The Balaban J connectivity index is 1.24. The van der Waals surface area contributed by atoms with E-state index in [0.717, 1.165) is 16.9 Å². The van der Waals surface area contributed by atoms with Crippen LogP contribution in [0.4, 0.5) is 11.4 Å². The summed E-state index contributed by atoms with van der Waals surface area (Å²) in [7, 11) is -3.47. The van der Waals surface area contributed by atoms with Crippen LogP contribution in [-0.4, -0.2) is 69.6 Å². The van der Waals surface area contributed by atoms with E-state index in [1.165, 1.54) is 9.87 Å². The van der Waals surface area contributed by atoms with Crippen molar-refractivity contribution in [2.45, 2.75) is 20.3 Å². The minimum atomic E-state index is -3.47. The van der Waals surface area contributed by atoms with Crippen molar-refractivity contribution in [3.8, 4) is 0 Å². The lowest BCUT2D eigenvalue weighted by Crippen LogP contribution is -2.50. The fourth-order valence-electron chi connectivity index (χ4n) is 4.48. The van der Waals surface area contributed by atoms with Crippen LogP contribution in [0.25, 0.3) is 0 Å². The van der Waals surface area contributed by atoms with Crippen molar-refractivity contribution in [2.75, 3.05) is 54.8 Å². The Hall–Kier alpha value is -2.91. The topological polar surface area (TPSA) is 90.0 Å². The van der Waals surface area contributed by atoms with Crippen molar-refractivity contribution >= 4 is 33.2 Å². The third kappa shape index (κ3) is 5.59. The maximum atomic E-state index is 12.8. The summed E-state index contributed by atoms with van der Waals surface area (Å²) in [4.78, 5) is 28.8. The van der Waals surface area contributed by atoms with Crippen LogP contribution in [0.1, 0.15) is 17.5 Å². The molecule has 9 heteroatoms. The van der Waals surface area contributed by atoms with E-state index < -0.39 is 15.9 Å². The number of anilines is 2. The van der Waals surface area contributed by atoms with E-state index in [-0.39, 0.29) is 30.5 Å². The molecule has 4 rings (SSSR count). The number of sulfonamides is 1. The van der Waals surface area contributed by atoms with Crippen LogP contribution in [-0.2, 0) is 19.6 Å². The number of carbonyl (C=O) groups excluding carboxylic acids is 2. The molecule has 1 unspecified atom stereocenters. The van der Waals surface area contributed by atoms with Crippen LogP contribution < -0.4 is 15.1 Å². The fraction of sp³-hybridized carbons (Fsp3) is 0.440. The Morgan fingerprint density at radius 3 is 2.35 bits per heavy atom. The summed E-state index contributed by atoms with van der Waals surface area (Å²) in [5, 5.41) is 2.73. The van der Waals surface area contributed by atoms with Gasteiger partial charge in [0.15, 0.2) is 0 Å². The molecule has 0 saturated carbocycles. The molecule has 0 bridgehead atoms. The molecule has 34 heavy (non-hydrogen) atoms. The molecule has 0 aliphatic carbocycles. The molecular weight excluding hydrogens is 452 g/mol. The second-order valence-electron chi connectivity index (χ2n) is 9.07. The molecule has 2 fully saturated rings. The summed E-state index contributed by atoms with van der Waals surface area (Å²) in [6.07, 6.45) is 0.132. The zero-order chi connectivity index (χ0) is 24.3. The number of aryl methyl sites for hydroxylation is 2. The average Bonchev–Trinajstić information content (AvgIpc) is 3.21. The molecule has 2 heterocycles. The molecule has 2 aliphatic rings. The van der Waals surface area contributed by atoms with Crippen molar-refractivity contribution in [1.82, 2.24) is 9.62 Å². The van der Waals surface area contributed by atoms with E-state index in [0.29, 0.717) is 32.7 Å². The van der Waals surface area contributed by atoms with Crippen molar-refractivity contribution in [2.24, 2.45) is 5.92 Å². The lowest BCUT2D eigenvalue weighted by atomic mass is 10.1. The minimum Gasteiger partial charge on any atom is -0.369 e. The predicted molar refractivity (Wildman–Crippen MR) is 133 cm³/mol. The molecule has 1 N–H and O–H groups in total. The van der Waals surface area contributed by atoms with Crippen molar-refractivity contribution in [3.05, 3.63) is 59.7 Å². The lowest BCUT2D eigenvalue weighted by Gasteiger charge is -2.35. The average molecular weight is 485 g/mol. The lowest BCUT2D eigenvalue weighted by molar-refractivity contribution is -0.126. The quantitative estimate of drug-likeness (QED) is 0.649. The highest BCUT2D eigenvalue weighted by molar-refractivity contribution is 7.89. The first-order valence-corrected chi connectivity index (χ1v) is 13.3. The summed E-state index contributed by atoms with van der Waals surface area (Å²) in [6.45, 7) is 6.47. The van der Waals surface area contributed by atoms with Crippen LogP contribution in [0.3, 0.4) is 0 Å². The molecular formula is C25H32N4O4S. The predicted octanol–water partition coefficient (Wildman–Crippen LogP) is 1.92. The van der Waals surface area contributed by atoms with Gasteiger partial charge in [-0.25, -0.2) is 8.42 Å². The summed E-state index contributed by atoms with van der Waals surface area (Å²) in [5.41, 5.74) is 4.16. The van der Waals surface area contributed by atoms with Crippen LogP contribution >= 0.6 is 0 Å². The third-order valence-electron chi connectivity index (χ3n) is 6.50. The largest absolute Gasteiger partial charge is 0.369 e. The van der Waals surface area contributed by atoms with Gasteiger partial charge in [0.05, 0.1) is 11.7 Å². The molecule has 1 atom stereocenters. The number of hydrogen-bond acceptors (Lipinski definition) is 5. The van der Waals surface area contributed by atoms with E-state index >= 15 is 0 Å². The van der Waals surface area contributed by atoms with Gasteiger partial charge in [0.2, 0.25) is 21.8 Å². The molecule has 2 aromatic rings. The molecule has 0 spiro atoms. The van der Waals surface area contributed by atoms with Gasteiger partial charge in [-0.15, -0.1) is 0 Å². The molecule has 8 nitrogen and oxygen atoms in total. The second-order valence-corrected chi connectivity index (χ2v) is 11.2. The van der Waals surface area contributed by atoms with Crippen molar-refractivity contribution in [3.63, 3.8) is 0 Å². The van der Waals surface area contributed by atoms with E-state index in [2.05, 4.69) is 16.3 Å². The van der Waals surface area contributed by atoms with Gasteiger partial charge in [0, 0.05) is 57.1 Å². The zero-order valence-corrected chi connectivity index (χ0v) is 20.6. The highest BCUT2D eigenvalue weighted by Crippen LogP contribution is 2.25. The van der Waals surface area contributed by atoms with Gasteiger partial charge in [-0.05, 0) is 43.7 Å².